The van der Waals surface area contributed by atoms with Gasteiger partial charge in [-0.2, -0.15) is 0 Å². The Morgan fingerprint density at radius 1 is 0.508 bits per heavy atom. The molecule has 2 unspecified atom stereocenters. The van der Waals surface area contributed by atoms with Gasteiger partial charge in [-0.25, -0.2) is 4.57 Å². The summed E-state index contributed by atoms with van der Waals surface area (Å²) in [7, 11) is -4.45. The normalized spacial score (nSPS) is 14.2. The van der Waals surface area contributed by atoms with Crippen LogP contribution >= 0.6 is 7.82 Å². The van der Waals surface area contributed by atoms with E-state index in [2.05, 4.69) is 122 Å². The highest BCUT2D eigenvalue weighted by Gasteiger charge is 2.23. The average Bonchev–Trinajstić information content (AvgIpc) is 3.29. The Labute approximate surface area is 396 Å². The third-order valence-corrected chi connectivity index (χ3v) is 10.9. The maximum absolute atomic E-state index is 12.1. The van der Waals surface area contributed by atoms with E-state index in [4.69, 9.17) is 13.8 Å². The molecule has 0 aliphatic carbocycles. The Kier molecular flexibility index (Phi) is 47.1. The zero-order chi connectivity index (χ0) is 47.4. The van der Waals surface area contributed by atoms with Crippen molar-refractivity contribution in [2.75, 3.05) is 26.4 Å². The third kappa shape index (κ3) is 51.3. The van der Waals surface area contributed by atoms with Gasteiger partial charge in [-0.15, -0.1) is 0 Å². The molecular weight excluding hydrogens is 834 g/mol. The molecule has 10 heteroatoms. The number of aliphatic hydroxyl groups excluding tert-OH is 1. The van der Waals surface area contributed by atoms with Crippen LogP contribution < -0.4 is 5.32 Å². The Hall–Kier alpha value is -3.59. The van der Waals surface area contributed by atoms with Crippen LogP contribution in [0, 0.1) is 0 Å². The largest absolute Gasteiger partial charge is 0.472 e. The van der Waals surface area contributed by atoms with Gasteiger partial charge in [0.2, 0.25) is 5.91 Å². The van der Waals surface area contributed by atoms with Crippen LogP contribution in [0.2, 0.25) is 0 Å². The van der Waals surface area contributed by atoms with E-state index in [1.807, 2.05) is 12.2 Å². The molecule has 0 aromatic carbocycles. The van der Waals surface area contributed by atoms with Crippen LogP contribution in [0.15, 0.2) is 122 Å². The summed E-state index contributed by atoms with van der Waals surface area (Å²) in [6.07, 6.45) is 68.7. The second kappa shape index (κ2) is 49.8. The van der Waals surface area contributed by atoms with Crippen LogP contribution in [0.3, 0.4) is 0 Å². The molecule has 0 heterocycles. The molecule has 0 aliphatic rings. The summed E-state index contributed by atoms with van der Waals surface area (Å²) in [5.41, 5.74) is 0. The number of amides is 1. The highest BCUT2D eigenvalue weighted by Crippen LogP contribution is 2.42. The van der Waals surface area contributed by atoms with Crippen molar-refractivity contribution in [1.82, 2.24) is 5.32 Å². The van der Waals surface area contributed by atoms with Gasteiger partial charge >= 0.3 is 13.8 Å². The van der Waals surface area contributed by atoms with Crippen molar-refractivity contribution in [2.24, 2.45) is 0 Å². The van der Waals surface area contributed by atoms with Crippen LogP contribution in [0.25, 0.3) is 0 Å². The van der Waals surface area contributed by atoms with E-state index in [-0.39, 0.29) is 32.1 Å². The zero-order valence-corrected chi connectivity index (χ0v) is 41.5. The molecule has 0 aromatic rings. The number of carbonyl (C=O) groups is 2. The standard InChI is InChI=1S/C55H90NO8P/c1-3-5-7-9-11-13-15-17-19-21-23-25-26-28-29-31-33-35-37-39-41-43-45-47-54(58)56-49-50-63-65(60,61)64-52-53(57)51-62-55(59)48-46-44-42-40-38-36-34-32-30-27-24-22-20-18-16-14-12-10-8-6-4-2/h6,8,11-14,17-20,23-25,27,32,34,38,40,44,46,53,57H,3-5,7,9-10,15-16,21-22,26,28-31,33,35-37,39,41-43,45,47-52H2,1-2H3,(H,56,58)(H,60,61)/b8-6-,13-11-,14-12-,19-17-,20-18-,25-23-,27-24-,34-32-,40-38-,46-44-. The number of rotatable bonds is 45. The predicted octanol–water partition coefficient (Wildman–Crippen LogP) is 14.9. The van der Waals surface area contributed by atoms with Gasteiger partial charge < -0.3 is 20.1 Å². The summed E-state index contributed by atoms with van der Waals surface area (Å²) in [4.78, 5) is 34.0. The zero-order valence-electron chi connectivity index (χ0n) is 40.6. The third-order valence-electron chi connectivity index (χ3n) is 9.91. The lowest BCUT2D eigenvalue weighted by Crippen LogP contribution is -2.27. The first-order chi connectivity index (χ1) is 31.8. The number of phosphoric acid groups is 1. The molecule has 0 saturated carbocycles. The van der Waals surface area contributed by atoms with Crippen LogP contribution in [-0.2, 0) is 27.9 Å². The Bertz CT molecular complexity index is 1470. The number of esters is 1. The quantitative estimate of drug-likeness (QED) is 0.0238. The second-order valence-corrected chi connectivity index (χ2v) is 17.5. The Morgan fingerprint density at radius 2 is 0.908 bits per heavy atom. The van der Waals surface area contributed by atoms with Crippen molar-refractivity contribution >= 4 is 19.7 Å². The fourth-order valence-electron chi connectivity index (χ4n) is 6.18. The number of aliphatic hydroxyl groups is 1. The predicted molar refractivity (Wildman–Crippen MR) is 274 cm³/mol. The maximum Gasteiger partial charge on any atom is 0.472 e. The molecule has 0 saturated heterocycles. The summed E-state index contributed by atoms with van der Waals surface area (Å²) < 4.78 is 26.9. The van der Waals surface area contributed by atoms with Gasteiger partial charge in [0.15, 0.2) is 0 Å². The van der Waals surface area contributed by atoms with Crippen molar-refractivity contribution in [1.29, 1.82) is 0 Å². The minimum atomic E-state index is -4.45. The molecule has 0 rings (SSSR count). The van der Waals surface area contributed by atoms with E-state index in [0.29, 0.717) is 12.8 Å². The number of carbonyl (C=O) groups excluding carboxylic acids is 2. The van der Waals surface area contributed by atoms with Gasteiger partial charge in [-0.1, -0.05) is 200 Å². The minimum Gasteiger partial charge on any atom is -0.463 e. The van der Waals surface area contributed by atoms with Gasteiger partial charge in [0.25, 0.3) is 0 Å². The molecule has 9 nitrogen and oxygen atoms in total. The number of unbranched alkanes of at least 4 members (excludes halogenated alkanes) is 13. The first kappa shape index (κ1) is 61.4. The number of hydrogen-bond acceptors (Lipinski definition) is 7. The smallest absolute Gasteiger partial charge is 0.463 e. The lowest BCUT2D eigenvalue weighted by atomic mass is 10.0. The van der Waals surface area contributed by atoms with Gasteiger partial charge in [-0.3, -0.25) is 18.6 Å². The van der Waals surface area contributed by atoms with Crippen molar-refractivity contribution in [3.05, 3.63) is 122 Å². The van der Waals surface area contributed by atoms with Gasteiger partial charge in [0.05, 0.1) is 19.6 Å². The van der Waals surface area contributed by atoms with Crippen molar-refractivity contribution < 1.29 is 37.9 Å². The summed E-state index contributed by atoms with van der Waals surface area (Å²) in [5.74, 6) is -0.663. The molecule has 3 N–H and O–H groups in total. The number of ether oxygens (including phenoxy) is 1. The molecule has 0 aliphatic heterocycles. The molecule has 0 aromatic heterocycles. The van der Waals surface area contributed by atoms with Crippen LogP contribution in [0.4, 0.5) is 0 Å². The van der Waals surface area contributed by atoms with Crippen molar-refractivity contribution in [3.8, 4) is 0 Å². The number of allylic oxidation sites excluding steroid dienone is 19. The maximum atomic E-state index is 12.1. The SMILES string of the molecule is CC/C=C\C/C=C\C/C=C\C/C=C\C/C=C\C/C=C\C/C=C\CC(=O)OCC(O)COP(=O)(O)OCCNC(=O)CCCCCCCCCCCC/C=C\C/C=C\C/C=C\CCCCC. The molecule has 0 bridgehead atoms. The number of nitrogens with one attached hydrogen (secondary N) is 1. The first-order valence-corrected chi connectivity index (χ1v) is 26.5. The molecule has 0 radical (unpaired) electrons. The summed E-state index contributed by atoms with van der Waals surface area (Å²) >= 11 is 0. The summed E-state index contributed by atoms with van der Waals surface area (Å²) in [5, 5.41) is 12.7. The average molecular weight is 924 g/mol. The lowest BCUT2D eigenvalue weighted by molar-refractivity contribution is -0.146. The topological polar surface area (TPSA) is 131 Å². The summed E-state index contributed by atoms with van der Waals surface area (Å²) in [6.45, 7) is 3.28. The summed E-state index contributed by atoms with van der Waals surface area (Å²) in [6, 6.07) is 0. The van der Waals surface area contributed by atoms with Crippen LogP contribution in [0.1, 0.15) is 181 Å². The van der Waals surface area contributed by atoms with E-state index in [1.54, 1.807) is 6.08 Å². The monoisotopic (exact) mass is 924 g/mol. The van der Waals surface area contributed by atoms with Crippen molar-refractivity contribution in [2.45, 2.75) is 187 Å². The molecule has 1 amide bonds. The van der Waals surface area contributed by atoms with Gasteiger partial charge in [0.1, 0.15) is 12.7 Å². The second-order valence-electron chi connectivity index (χ2n) is 16.1. The molecule has 0 spiro atoms. The van der Waals surface area contributed by atoms with Crippen molar-refractivity contribution in [3.63, 3.8) is 0 Å². The lowest BCUT2D eigenvalue weighted by Gasteiger charge is -2.15. The number of phosphoric ester groups is 1. The van der Waals surface area contributed by atoms with E-state index in [0.717, 1.165) is 70.6 Å². The van der Waals surface area contributed by atoms with E-state index in [1.165, 1.54) is 77.0 Å². The molecule has 2 atom stereocenters. The Morgan fingerprint density at radius 3 is 1.37 bits per heavy atom. The molecule has 368 valence electrons. The van der Waals surface area contributed by atoms with E-state index in [9.17, 15) is 24.2 Å². The fourth-order valence-corrected chi connectivity index (χ4v) is 6.93. The minimum absolute atomic E-state index is 0.0413. The van der Waals surface area contributed by atoms with Crippen LogP contribution in [-0.4, -0.2) is 54.3 Å². The van der Waals surface area contributed by atoms with E-state index >= 15 is 0 Å². The highest BCUT2D eigenvalue weighted by molar-refractivity contribution is 7.47. The first-order valence-electron chi connectivity index (χ1n) is 25.0. The highest BCUT2D eigenvalue weighted by atomic mass is 31.2. The number of hydrogen-bond donors (Lipinski definition) is 3. The van der Waals surface area contributed by atoms with Gasteiger partial charge in [-0.05, 0) is 89.9 Å². The molecular formula is C55H90NO8P. The van der Waals surface area contributed by atoms with E-state index < -0.39 is 26.5 Å². The Balaban J connectivity index is 3.71. The van der Waals surface area contributed by atoms with Crippen LogP contribution in [0.5, 0.6) is 0 Å². The molecule has 65 heavy (non-hydrogen) atoms. The molecule has 0 fully saturated rings. The van der Waals surface area contributed by atoms with Gasteiger partial charge in [0, 0.05) is 13.0 Å². The fraction of sp³-hybridized carbons (Fsp3) is 0.600.